The molecular weight excluding hydrogens is 322 g/mol. The Labute approximate surface area is 145 Å². The Morgan fingerprint density at radius 2 is 1.80 bits per heavy atom. The molecule has 2 aromatic carbocycles. The van der Waals surface area contributed by atoms with Crippen LogP contribution in [0, 0.1) is 0 Å². The second-order valence-corrected chi connectivity index (χ2v) is 5.19. The number of benzene rings is 2. The number of methoxy groups -OCH3 is 1. The first kappa shape index (κ1) is 17.9. The third-order valence-corrected chi connectivity index (χ3v) is 3.22. The fourth-order valence-electron chi connectivity index (χ4n) is 1.87. The molecule has 0 radical (unpaired) electrons. The van der Waals surface area contributed by atoms with Gasteiger partial charge >= 0.3 is 11.9 Å². The van der Waals surface area contributed by atoms with Crippen molar-refractivity contribution in [2.45, 2.75) is 6.92 Å². The van der Waals surface area contributed by atoms with Crippen molar-refractivity contribution in [3.8, 4) is 11.5 Å². The van der Waals surface area contributed by atoms with Crippen LogP contribution in [0.15, 0.2) is 59.6 Å². The van der Waals surface area contributed by atoms with E-state index >= 15 is 0 Å². The smallest absolute Gasteiger partial charge is 0.338 e. The molecule has 0 unspecified atom stereocenters. The summed E-state index contributed by atoms with van der Waals surface area (Å²) in [6.07, 6.45) is 1.60. The van der Waals surface area contributed by atoms with Gasteiger partial charge in [-0.1, -0.05) is 6.58 Å². The van der Waals surface area contributed by atoms with Crippen molar-refractivity contribution in [2.24, 2.45) is 4.99 Å². The van der Waals surface area contributed by atoms with E-state index in [-0.39, 0.29) is 11.1 Å². The Bertz CT molecular complexity index is 837. The van der Waals surface area contributed by atoms with Gasteiger partial charge in [0.05, 0.1) is 18.4 Å². The van der Waals surface area contributed by atoms with E-state index in [1.807, 2.05) is 0 Å². The average molecular weight is 339 g/mol. The van der Waals surface area contributed by atoms with Gasteiger partial charge in [0, 0.05) is 11.8 Å². The van der Waals surface area contributed by atoms with Crippen LogP contribution in [0.4, 0.5) is 5.69 Å². The molecule has 0 aliphatic carbocycles. The zero-order valence-electron chi connectivity index (χ0n) is 13.9. The number of hydrogen-bond acceptors (Lipinski definition) is 5. The highest BCUT2D eigenvalue weighted by atomic mass is 16.6. The molecule has 6 heteroatoms. The summed E-state index contributed by atoms with van der Waals surface area (Å²) in [6, 6.07) is 11.2. The lowest BCUT2D eigenvalue weighted by Gasteiger charge is -2.09. The first-order chi connectivity index (χ1) is 11.9. The molecule has 0 fully saturated rings. The van der Waals surface area contributed by atoms with Crippen molar-refractivity contribution in [3.05, 3.63) is 65.7 Å². The van der Waals surface area contributed by atoms with E-state index < -0.39 is 11.9 Å². The topological polar surface area (TPSA) is 85.2 Å². The standard InChI is InChI=1S/C19H17NO5/c1-12(2)19(23)25-16-9-4-13(10-17(16)24-3)11-20-15-7-5-14(6-8-15)18(21)22/h4-11H,1H2,2-3H3,(H,21,22). The SMILES string of the molecule is C=C(C)C(=O)Oc1ccc(C=Nc2ccc(C(=O)O)cc2)cc1OC. The molecule has 0 spiro atoms. The average Bonchev–Trinajstić information content (AvgIpc) is 2.60. The van der Waals surface area contributed by atoms with E-state index in [4.69, 9.17) is 14.6 Å². The summed E-state index contributed by atoms with van der Waals surface area (Å²) in [6.45, 7) is 5.09. The predicted molar refractivity (Wildman–Crippen MR) is 94.1 cm³/mol. The number of hydrogen-bond donors (Lipinski definition) is 1. The lowest BCUT2D eigenvalue weighted by Crippen LogP contribution is -2.09. The minimum Gasteiger partial charge on any atom is -0.493 e. The Balaban J connectivity index is 2.18. The maximum Gasteiger partial charge on any atom is 0.338 e. The molecule has 0 atom stereocenters. The number of rotatable bonds is 6. The molecule has 0 aromatic heterocycles. The molecule has 0 saturated heterocycles. The first-order valence-electron chi connectivity index (χ1n) is 7.34. The van der Waals surface area contributed by atoms with E-state index in [2.05, 4.69) is 11.6 Å². The van der Waals surface area contributed by atoms with Crippen molar-refractivity contribution >= 4 is 23.8 Å². The van der Waals surface area contributed by atoms with Gasteiger partial charge in [-0.05, 0) is 55.0 Å². The maximum absolute atomic E-state index is 11.6. The molecule has 0 bridgehead atoms. The van der Waals surface area contributed by atoms with E-state index in [1.165, 1.54) is 19.2 Å². The van der Waals surface area contributed by atoms with Crippen LogP contribution in [0.25, 0.3) is 0 Å². The van der Waals surface area contributed by atoms with Crippen LogP contribution in [-0.4, -0.2) is 30.4 Å². The van der Waals surface area contributed by atoms with Crippen LogP contribution >= 0.6 is 0 Å². The van der Waals surface area contributed by atoms with Crippen LogP contribution in [-0.2, 0) is 4.79 Å². The zero-order chi connectivity index (χ0) is 18.4. The summed E-state index contributed by atoms with van der Waals surface area (Å²) in [5.41, 5.74) is 1.83. The lowest BCUT2D eigenvalue weighted by molar-refractivity contribution is -0.130. The van der Waals surface area contributed by atoms with Gasteiger partial charge < -0.3 is 14.6 Å². The summed E-state index contributed by atoms with van der Waals surface area (Å²) in [7, 11) is 1.47. The largest absolute Gasteiger partial charge is 0.493 e. The Kier molecular flexibility index (Phi) is 5.68. The molecule has 2 rings (SSSR count). The molecule has 6 nitrogen and oxygen atoms in total. The number of aromatic carboxylic acids is 1. The van der Waals surface area contributed by atoms with E-state index in [0.29, 0.717) is 17.2 Å². The minimum absolute atomic E-state index is 0.198. The number of carboxylic acid groups (broad SMARTS) is 1. The van der Waals surface area contributed by atoms with Gasteiger partial charge in [-0.2, -0.15) is 0 Å². The molecule has 0 aliphatic heterocycles. The van der Waals surface area contributed by atoms with Gasteiger partial charge in [-0.25, -0.2) is 9.59 Å². The van der Waals surface area contributed by atoms with Crippen molar-refractivity contribution in [1.82, 2.24) is 0 Å². The summed E-state index contributed by atoms with van der Waals surface area (Å²) in [4.78, 5) is 26.7. The number of nitrogens with zero attached hydrogens (tertiary/aromatic N) is 1. The van der Waals surface area contributed by atoms with Gasteiger partial charge in [0.25, 0.3) is 0 Å². The zero-order valence-corrected chi connectivity index (χ0v) is 13.9. The minimum atomic E-state index is -0.986. The van der Waals surface area contributed by atoms with E-state index in [9.17, 15) is 9.59 Å². The molecule has 25 heavy (non-hydrogen) atoms. The van der Waals surface area contributed by atoms with Gasteiger partial charge in [0.1, 0.15) is 0 Å². The van der Waals surface area contributed by atoms with Crippen molar-refractivity contribution in [1.29, 1.82) is 0 Å². The summed E-state index contributed by atoms with van der Waals surface area (Å²) in [5, 5.41) is 8.87. The highest BCUT2D eigenvalue weighted by Gasteiger charge is 2.11. The number of aliphatic imine (C=N–C) groups is 1. The molecule has 1 N–H and O–H groups in total. The lowest BCUT2D eigenvalue weighted by atomic mass is 10.2. The van der Waals surface area contributed by atoms with Crippen LogP contribution in [0.2, 0.25) is 0 Å². The third kappa shape index (κ3) is 4.78. The second-order valence-electron chi connectivity index (χ2n) is 5.19. The number of esters is 1. The first-order valence-corrected chi connectivity index (χ1v) is 7.34. The molecule has 0 heterocycles. The fraction of sp³-hybridized carbons (Fsp3) is 0.105. The van der Waals surface area contributed by atoms with Crippen LogP contribution in [0.5, 0.6) is 11.5 Å². The van der Waals surface area contributed by atoms with E-state index in [1.54, 1.807) is 43.5 Å². The predicted octanol–water partition coefficient (Wildman–Crippen LogP) is 3.63. The molecule has 128 valence electrons. The fourth-order valence-corrected chi connectivity index (χ4v) is 1.87. The molecular formula is C19H17NO5. The monoisotopic (exact) mass is 339 g/mol. The Morgan fingerprint density at radius 1 is 1.12 bits per heavy atom. The Hall–Kier alpha value is -3.41. The van der Waals surface area contributed by atoms with E-state index in [0.717, 1.165) is 5.56 Å². The molecule has 0 aliphatic rings. The van der Waals surface area contributed by atoms with Gasteiger partial charge in [-0.3, -0.25) is 4.99 Å². The normalized spacial score (nSPS) is 10.5. The van der Waals surface area contributed by atoms with Crippen molar-refractivity contribution in [2.75, 3.05) is 7.11 Å². The highest BCUT2D eigenvalue weighted by Crippen LogP contribution is 2.28. The summed E-state index contributed by atoms with van der Waals surface area (Å²) in [5.74, 6) is -0.836. The number of carbonyl (C=O) groups excluding carboxylic acids is 1. The van der Waals surface area contributed by atoms with Crippen LogP contribution in [0.1, 0.15) is 22.8 Å². The second kappa shape index (κ2) is 7.92. The van der Waals surface area contributed by atoms with Crippen molar-refractivity contribution < 1.29 is 24.2 Å². The van der Waals surface area contributed by atoms with Gasteiger partial charge in [0.15, 0.2) is 11.5 Å². The Morgan fingerprint density at radius 3 is 2.36 bits per heavy atom. The number of carbonyl (C=O) groups is 2. The van der Waals surface area contributed by atoms with Crippen LogP contribution in [0.3, 0.4) is 0 Å². The highest BCUT2D eigenvalue weighted by molar-refractivity contribution is 5.90. The summed E-state index contributed by atoms with van der Waals surface area (Å²) < 4.78 is 10.4. The quantitative estimate of drug-likeness (QED) is 0.376. The van der Waals surface area contributed by atoms with Gasteiger partial charge in [-0.15, -0.1) is 0 Å². The van der Waals surface area contributed by atoms with Gasteiger partial charge in [0.2, 0.25) is 0 Å². The number of ether oxygens (including phenoxy) is 2. The third-order valence-electron chi connectivity index (χ3n) is 3.22. The number of carboxylic acids is 1. The maximum atomic E-state index is 11.6. The molecule has 0 saturated carbocycles. The summed E-state index contributed by atoms with van der Waals surface area (Å²) >= 11 is 0. The molecule has 2 aromatic rings. The molecule has 0 amide bonds. The van der Waals surface area contributed by atoms with Crippen LogP contribution < -0.4 is 9.47 Å². The van der Waals surface area contributed by atoms with Crippen molar-refractivity contribution in [3.63, 3.8) is 0 Å².